The first-order chi connectivity index (χ1) is 12.6. The lowest BCUT2D eigenvalue weighted by Crippen LogP contribution is -2.39. The number of aliphatic hydroxyl groups excluding tert-OH is 1. The fraction of sp³-hybridized carbons (Fsp3) is 0.400. The molecule has 0 spiro atoms. The Labute approximate surface area is 153 Å². The molecule has 0 saturated carbocycles. The number of nitrogens with one attached hydrogen (secondary N) is 1. The van der Waals surface area contributed by atoms with E-state index in [1.807, 2.05) is 25.1 Å². The second-order valence-corrected chi connectivity index (χ2v) is 6.60. The van der Waals surface area contributed by atoms with Crippen molar-refractivity contribution in [1.29, 1.82) is 0 Å². The van der Waals surface area contributed by atoms with Gasteiger partial charge in [0, 0.05) is 37.0 Å². The standard InChI is InChI=1S/C20H25N3O3/c1-14-11-15(7-8-18(14)26-2)20(25)22-12-16-5-3-9-21-19(16)23-10-4-6-17(24)13-23/h3,5,7-9,11,17,24H,4,6,10,12-13H2,1-2H3,(H,22,25)/t17-/m0/s1. The SMILES string of the molecule is COc1ccc(C(=O)NCc2cccnc2N2CCC[C@H](O)C2)cc1C. The van der Waals surface area contributed by atoms with Crippen LogP contribution in [0, 0.1) is 6.92 Å². The van der Waals surface area contributed by atoms with Gasteiger partial charge >= 0.3 is 0 Å². The predicted octanol–water partition coefficient (Wildman–Crippen LogP) is 2.29. The monoisotopic (exact) mass is 355 g/mol. The summed E-state index contributed by atoms with van der Waals surface area (Å²) in [7, 11) is 1.61. The van der Waals surface area contributed by atoms with E-state index in [1.54, 1.807) is 25.4 Å². The van der Waals surface area contributed by atoms with E-state index in [2.05, 4.69) is 15.2 Å². The molecular weight excluding hydrogens is 330 g/mol. The molecular formula is C20H25N3O3. The number of carbonyl (C=O) groups is 1. The number of rotatable bonds is 5. The number of β-amino-alcohol motifs (C(OH)–C–C–N with tert-alkyl or cyclic N) is 1. The second kappa shape index (κ2) is 8.19. The number of carbonyl (C=O) groups excluding carboxylic acids is 1. The van der Waals surface area contributed by atoms with Crippen molar-refractivity contribution in [2.24, 2.45) is 0 Å². The average molecular weight is 355 g/mol. The van der Waals surface area contributed by atoms with E-state index >= 15 is 0 Å². The van der Waals surface area contributed by atoms with Gasteiger partial charge < -0.3 is 20.1 Å². The molecule has 6 nitrogen and oxygen atoms in total. The van der Waals surface area contributed by atoms with Gasteiger partial charge in [0.05, 0.1) is 13.2 Å². The third kappa shape index (κ3) is 4.14. The summed E-state index contributed by atoms with van der Waals surface area (Å²) in [6.07, 6.45) is 3.19. The number of pyridine rings is 1. The molecule has 1 aromatic heterocycles. The second-order valence-electron chi connectivity index (χ2n) is 6.60. The molecule has 1 saturated heterocycles. The van der Waals surface area contributed by atoms with Crippen molar-refractivity contribution in [3.8, 4) is 5.75 Å². The topological polar surface area (TPSA) is 74.7 Å². The van der Waals surface area contributed by atoms with Crippen molar-refractivity contribution < 1.29 is 14.6 Å². The quantitative estimate of drug-likeness (QED) is 0.861. The number of piperidine rings is 1. The minimum absolute atomic E-state index is 0.135. The van der Waals surface area contributed by atoms with Crippen molar-refractivity contribution in [2.45, 2.75) is 32.4 Å². The van der Waals surface area contributed by atoms with Gasteiger partial charge in [-0.1, -0.05) is 6.07 Å². The molecule has 1 aliphatic rings. The van der Waals surface area contributed by atoms with Gasteiger partial charge in [0.15, 0.2) is 0 Å². The van der Waals surface area contributed by atoms with Gasteiger partial charge in [-0.3, -0.25) is 4.79 Å². The van der Waals surface area contributed by atoms with E-state index in [1.165, 1.54) is 0 Å². The van der Waals surface area contributed by atoms with Crippen LogP contribution in [0.1, 0.15) is 34.3 Å². The average Bonchev–Trinajstić information content (AvgIpc) is 2.66. The van der Waals surface area contributed by atoms with E-state index in [9.17, 15) is 9.90 Å². The summed E-state index contributed by atoms with van der Waals surface area (Å²) in [6.45, 7) is 3.75. The van der Waals surface area contributed by atoms with Crippen LogP contribution in [0.25, 0.3) is 0 Å². The van der Waals surface area contributed by atoms with Crippen molar-refractivity contribution >= 4 is 11.7 Å². The number of amides is 1. The number of hydrogen-bond donors (Lipinski definition) is 2. The molecule has 0 aliphatic carbocycles. The molecule has 2 heterocycles. The van der Waals surface area contributed by atoms with E-state index in [0.29, 0.717) is 18.7 Å². The Morgan fingerprint density at radius 1 is 1.42 bits per heavy atom. The molecule has 1 aromatic carbocycles. The minimum atomic E-state index is -0.324. The van der Waals surface area contributed by atoms with Gasteiger partial charge in [-0.15, -0.1) is 0 Å². The summed E-state index contributed by atoms with van der Waals surface area (Å²) in [4.78, 5) is 19.0. The first kappa shape index (κ1) is 18.2. The Hall–Kier alpha value is -2.60. The molecule has 0 bridgehead atoms. The molecule has 2 N–H and O–H groups in total. The Morgan fingerprint density at radius 2 is 2.27 bits per heavy atom. The lowest BCUT2D eigenvalue weighted by molar-refractivity contribution is 0.0950. The van der Waals surface area contributed by atoms with Gasteiger partial charge in [0.2, 0.25) is 0 Å². The molecule has 1 aliphatic heterocycles. The van der Waals surface area contributed by atoms with Crippen molar-refractivity contribution in [3.63, 3.8) is 0 Å². The molecule has 1 amide bonds. The lowest BCUT2D eigenvalue weighted by Gasteiger charge is -2.32. The minimum Gasteiger partial charge on any atom is -0.496 e. The van der Waals surface area contributed by atoms with E-state index in [4.69, 9.17) is 4.74 Å². The maximum atomic E-state index is 12.5. The summed E-state index contributed by atoms with van der Waals surface area (Å²) >= 11 is 0. The largest absolute Gasteiger partial charge is 0.496 e. The van der Waals surface area contributed by atoms with Gasteiger partial charge in [-0.05, 0) is 49.6 Å². The number of nitrogens with zero attached hydrogens (tertiary/aromatic N) is 2. The highest BCUT2D eigenvalue weighted by Gasteiger charge is 2.21. The summed E-state index contributed by atoms with van der Waals surface area (Å²) in [5.41, 5.74) is 2.46. The molecule has 2 aromatic rings. The zero-order valence-electron chi connectivity index (χ0n) is 15.2. The Kier molecular flexibility index (Phi) is 5.73. The normalized spacial score (nSPS) is 17.0. The maximum absolute atomic E-state index is 12.5. The van der Waals surface area contributed by atoms with Crippen LogP contribution < -0.4 is 15.0 Å². The Morgan fingerprint density at radius 3 is 3.00 bits per heavy atom. The molecule has 0 radical (unpaired) electrons. The van der Waals surface area contributed by atoms with Gasteiger partial charge in [0.1, 0.15) is 11.6 Å². The number of benzene rings is 1. The molecule has 1 fully saturated rings. The number of aliphatic hydroxyl groups is 1. The third-order valence-electron chi connectivity index (χ3n) is 4.66. The fourth-order valence-corrected chi connectivity index (χ4v) is 3.30. The van der Waals surface area contributed by atoms with E-state index in [-0.39, 0.29) is 12.0 Å². The Balaban J connectivity index is 1.70. The van der Waals surface area contributed by atoms with Crippen molar-refractivity contribution in [3.05, 3.63) is 53.2 Å². The molecule has 3 rings (SSSR count). The Bertz CT molecular complexity index is 779. The summed E-state index contributed by atoms with van der Waals surface area (Å²) in [6, 6.07) is 9.20. The third-order valence-corrected chi connectivity index (χ3v) is 4.66. The summed E-state index contributed by atoms with van der Waals surface area (Å²) in [5.74, 6) is 1.46. The highest BCUT2D eigenvalue weighted by atomic mass is 16.5. The maximum Gasteiger partial charge on any atom is 0.251 e. The van der Waals surface area contributed by atoms with Crippen LogP contribution in [0.5, 0.6) is 5.75 Å². The molecule has 1 atom stereocenters. The first-order valence-corrected chi connectivity index (χ1v) is 8.88. The smallest absolute Gasteiger partial charge is 0.251 e. The number of methoxy groups -OCH3 is 1. The van der Waals surface area contributed by atoms with E-state index in [0.717, 1.165) is 42.1 Å². The number of anilines is 1. The summed E-state index contributed by atoms with van der Waals surface area (Å²) in [5, 5.41) is 12.9. The number of aryl methyl sites for hydroxylation is 1. The number of hydrogen-bond acceptors (Lipinski definition) is 5. The van der Waals surface area contributed by atoms with Gasteiger partial charge in [-0.2, -0.15) is 0 Å². The summed E-state index contributed by atoms with van der Waals surface area (Å²) < 4.78 is 5.23. The van der Waals surface area contributed by atoms with Crippen LogP contribution in [0.4, 0.5) is 5.82 Å². The van der Waals surface area contributed by atoms with Crippen LogP contribution in [0.15, 0.2) is 36.5 Å². The van der Waals surface area contributed by atoms with Crippen molar-refractivity contribution in [1.82, 2.24) is 10.3 Å². The van der Waals surface area contributed by atoms with Crippen LogP contribution in [0.2, 0.25) is 0 Å². The van der Waals surface area contributed by atoms with Crippen molar-refractivity contribution in [2.75, 3.05) is 25.1 Å². The number of ether oxygens (including phenoxy) is 1. The predicted molar refractivity (Wildman–Crippen MR) is 101 cm³/mol. The number of aromatic nitrogens is 1. The fourth-order valence-electron chi connectivity index (χ4n) is 3.30. The highest BCUT2D eigenvalue weighted by Crippen LogP contribution is 2.22. The van der Waals surface area contributed by atoms with Gasteiger partial charge in [0.25, 0.3) is 5.91 Å². The lowest BCUT2D eigenvalue weighted by atomic mass is 10.1. The van der Waals surface area contributed by atoms with E-state index < -0.39 is 0 Å². The highest BCUT2D eigenvalue weighted by molar-refractivity contribution is 5.94. The first-order valence-electron chi connectivity index (χ1n) is 8.88. The molecule has 138 valence electrons. The van der Waals surface area contributed by atoms with Crippen LogP contribution in [-0.4, -0.2) is 42.3 Å². The van der Waals surface area contributed by atoms with Crippen LogP contribution >= 0.6 is 0 Å². The van der Waals surface area contributed by atoms with Crippen LogP contribution in [-0.2, 0) is 6.54 Å². The molecule has 26 heavy (non-hydrogen) atoms. The van der Waals surface area contributed by atoms with Crippen LogP contribution in [0.3, 0.4) is 0 Å². The zero-order chi connectivity index (χ0) is 18.5. The zero-order valence-corrected chi connectivity index (χ0v) is 15.2. The van der Waals surface area contributed by atoms with Gasteiger partial charge in [-0.25, -0.2) is 4.98 Å². The molecule has 0 unspecified atom stereocenters. The molecule has 6 heteroatoms.